The fourth-order valence-electron chi connectivity index (χ4n) is 1.73. The van der Waals surface area contributed by atoms with Crippen LogP contribution in [0.3, 0.4) is 0 Å². The van der Waals surface area contributed by atoms with Gasteiger partial charge in [0.1, 0.15) is 5.03 Å². The summed E-state index contributed by atoms with van der Waals surface area (Å²) in [4.78, 5) is 3.69. The van der Waals surface area contributed by atoms with Gasteiger partial charge in [0.2, 0.25) is 5.95 Å². The average molecular weight is 285 g/mol. The van der Waals surface area contributed by atoms with Crippen LogP contribution in [-0.4, -0.2) is 33.8 Å². The average Bonchev–Trinajstić information content (AvgIpc) is 2.47. The zero-order valence-electron chi connectivity index (χ0n) is 11.7. The first-order valence-corrected chi connectivity index (χ1v) is 7.55. The first-order chi connectivity index (χ1) is 8.64. The third-order valence-corrected chi connectivity index (χ3v) is 4.47. The van der Waals surface area contributed by atoms with Crippen molar-refractivity contribution in [1.82, 2.24) is 4.98 Å². The van der Waals surface area contributed by atoms with Gasteiger partial charge in [-0.05, 0) is 33.8 Å². The number of hydrogen-bond acceptors (Lipinski definition) is 4. The van der Waals surface area contributed by atoms with Gasteiger partial charge >= 0.3 is 7.12 Å². The number of pyridine rings is 1. The second kappa shape index (κ2) is 4.65. The quantitative estimate of drug-likeness (QED) is 0.606. The van der Waals surface area contributed by atoms with Gasteiger partial charge in [0.25, 0.3) is 0 Å². The molecule has 7 heteroatoms. The van der Waals surface area contributed by atoms with E-state index in [0.29, 0.717) is 0 Å². The molecule has 0 bridgehead atoms. The molecule has 104 valence electrons. The Morgan fingerprint density at radius 2 is 1.74 bits per heavy atom. The van der Waals surface area contributed by atoms with Gasteiger partial charge < -0.3 is 9.31 Å². The van der Waals surface area contributed by atoms with E-state index in [1.165, 1.54) is 18.4 Å². The fourth-order valence-corrected chi connectivity index (χ4v) is 2.20. The molecule has 1 aliphatic rings. The first-order valence-electron chi connectivity index (χ1n) is 5.99. The molecule has 0 N–H and O–H groups in total. The summed E-state index contributed by atoms with van der Waals surface area (Å²) < 4.78 is 36.7. The van der Waals surface area contributed by atoms with Gasteiger partial charge in [0.05, 0.1) is 22.0 Å². The van der Waals surface area contributed by atoms with Crippen LogP contribution >= 0.6 is 0 Å². The van der Waals surface area contributed by atoms with E-state index in [1.807, 2.05) is 27.7 Å². The van der Waals surface area contributed by atoms with Gasteiger partial charge in [0.15, 0.2) is 0 Å². The number of hydrogen-bond donors (Lipinski definition) is 0. The van der Waals surface area contributed by atoms with Crippen molar-refractivity contribution in [3.8, 4) is 0 Å². The van der Waals surface area contributed by atoms with Crippen molar-refractivity contribution in [2.75, 3.05) is 6.26 Å². The molecule has 2 rings (SSSR count). The van der Waals surface area contributed by atoms with Gasteiger partial charge in [-0.25, -0.2) is 4.98 Å². The molecule has 1 fully saturated rings. The van der Waals surface area contributed by atoms with E-state index in [9.17, 15) is 8.60 Å². The zero-order chi connectivity index (χ0) is 14.4. The first kappa shape index (κ1) is 14.6. The van der Waals surface area contributed by atoms with E-state index >= 15 is 0 Å². The molecular formula is C12H17BFNO3S. The minimum atomic E-state index is -1.31. The van der Waals surface area contributed by atoms with Crippen LogP contribution in [0.4, 0.5) is 4.39 Å². The summed E-state index contributed by atoms with van der Waals surface area (Å²) in [5, 5.41) is 0.206. The van der Waals surface area contributed by atoms with E-state index in [-0.39, 0.29) is 10.5 Å². The van der Waals surface area contributed by atoms with Crippen LogP contribution in [0.5, 0.6) is 0 Å². The molecule has 0 aromatic carbocycles. The van der Waals surface area contributed by atoms with E-state index in [1.54, 1.807) is 0 Å². The van der Waals surface area contributed by atoms with E-state index in [0.717, 1.165) is 0 Å². The molecule has 4 nitrogen and oxygen atoms in total. The maximum atomic E-state index is 14.0. The molecule has 1 aromatic heterocycles. The second-order valence-electron chi connectivity index (χ2n) is 5.57. The van der Waals surface area contributed by atoms with Crippen LogP contribution in [0.25, 0.3) is 0 Å². The van der Waals surface area contributed by atoms with Crippen molar-refractivity contribution in [2.24, 2.45) is 0 Å². The lowest BCUT2D eigenvalue weighted by Crippen LogP contribution is -2.41. The Hall–Kier alpha value is -0.785. The van der Waals surface area contributed by atoms with Crippen molar-refractivity contribution in [3.63, 3.8) is 0 Å². The smallest absolute Gasteiger partial charge is 0.399 e. The predicted molar refractivity (Wildman–Crippen MR) is 72.2 cm³/mol. The fraction of sp³-hybridized carbons (Fsp3) is 0.583. The highest BCUT2D eigenvalue weighted by Gasteiger charge is 2.52. The van der Waals surface area contributed by atoms with Crippen molar-refractivity contribution in [1.29, 1.82) is 0 Å². The Morgan fingerprint density at radius 1 is 1.21 bits per heavy atom. The van der Waals surface area contributed by atoms with Crippen LogP contribution in [0.2, 0.25) is 0 Å². The highest BCUT2D eigenvalue weighted by molar-refractivity contribution is 7.84. The summed E-state index contributed by atoms with van der Waals surface area (Å²) in [6.45, 7) is 7.59. The molecule has 1 aliphatic heterocycles. The summed E-state index contributed by atoms with van der Waals surface area (Å²) in [7, 11) is -2.11. The van der Waals surface area contributed by atoms with Crippen molar-refractivity contribution < 1.29 is 17.9 Å². The normalized spacial score (nSPS) is 22.5. The Kier molecular flexibility index (Phi) is 3.57. The van der Waals surface area contributed by atoms with Gasteiger partial charge in [0, 0.05) is 11.7 Å². The van der Waals surface area contributed by atoms with E-state index in [2.05, 4.69) is 4.98 Å². The number of halogens is 1. The number of aromatic nitrogens is 1. The van der Waals surface area contributed by atoms with Gasteiger partial charge in [-0.3, -0.25) is 4.21 Å². The highest BCUT2D eigenvalue weighted by Crippen LogP contribution is 2.36. The monoisotopic (exact) mass is 285 g/mol. The molecule has 1 unspecified atom stereocenters. The topological polar surface area (TPSA) is 48.4 Å². The van der Waals surface area contributed by atoms with Crippen molar-refractivity contribution >= 4 is 23.4 Å². The summed E-state index contributed by atoms with van der Waals surface area (Å²) in [6.07, 6.45) is 1.45. The minimum absolute atomic E-state index is 0.206. The Morgan fingerprint density at radius 3 is 2.16 bits per heavy atom. The van der Waals surface area contributed by atoms with E-state index < -0.39 is 35.1 Å². The largest absolute Gasteiger partial charge is 0.499 e. The molecule has 0 aliphatic carbocycles. The maximum absolute atomic E-state index is 14.0. The maximum Gasteiger partial charge on any atom is 0.499 e. The van der Waals surface area contributed by atoms with Crippen LogP contribution in [0.15, 0.2) is 17.2 Å². The molecule has 1 saturated heterocycles. The van der Waals surface area contributed by atoms with Crippen LogP contribution in [0.1, 0.15) is 27.7 Å². The standard InChI is InChI=1S/C12H17BFNO3S/c1-11(2)12(3,4)18-13(17-11)8-6-7-9(19(5)16)15-10(8)14/h6-7H,1-5H3. The molecule has 0 saturated carbocycles. The van der Waals surface area contributed by atoms with Crippen LogP contribution in [0, 0.1) is 5.95 Å². The summed E-state index contributed by atoms with van der Waals surface area (Å²) in [5.74, 6) is -0.703. The second-order valence-corrected chi connectivity index (χ2v) is 6.90. The molecule has 0 amide bonds. The van der Waals surface area contributed by atoms with Gasteiger partial charge in [-0.15, -0.1) is 0 Å². The lowest BCUT2D eigenvalue weighted by molar-refractivity contribution is 0.00578. The number of nitrogens with zero attached hydrogens (tertiary/aromatic N) is 1. The minimum Gasteiger partial charge on any atom is -0.399 e. The van der Waals surface area contributed by atoms with Crippen LogP contribution < -0.4 is 5.46 Å². The molecular weight excluding hydrogens is 268 g/mol. The zero-order valence-corrected chi connectivity index (χ0v) is 12.5. The lowest BCUT2D eigenvalue weighted by Gasteiger charge is -2.32. The van der Waals surface area contributed by atoms with Crippen LogP contribution in [-0.2, 0) is 20.1 Å². The number of rotatable bonds is 2. The summed E-state index contributed by atoms with van der Waals surface area (Å²) >= 11 is 0. The summed E-state index contributed by atoms with van der Waals surface area (Å²) in [6, 6.07) is 3.04. The molecule has 19 heavy (non-hydrogen) atoms. The molecule has 0 radical (unpaired) electrons. The Bertz CT molecular complexity index is 520. The lowest BCUT2D eigenvalue weighted by atomic mass is 9.80. The van der Waals surface area contributed by atoms with Crippen molar-refractivity contribution in [2.45, 2.75) is 43.9 Å². The predicted octanol–water partition coefficient (Wildman–Crippen LogP) is 1.26. The third kappa shape index (κ3) is 2.59. The molecule has 1 atom stereocenters. The Balaban J connectivity index is 2.33. The third-order valence-electron chi connectivity index (χ3n) is 3.65. The molecule has 2 heterocycles. The molecule has 1 aromatic rings. The van der Waals surface area contributed by atoms with Gasteiger partial charge in [-0.1, -0.05) is 6.07 Å². The SMILES string of the molecule is CS(=O)c1ccc(B2OC(C)(C)C(C)(C)O2)c(F)n1. The van der Waals surface area contributed by atoms with Gasteiger partial charge in [-0.2, -0.15) is 4.39 Å². The van der Waals surface area contributed by atoms with Crippen molar-refractivity contribution in [3.05, 3.63) is 18.1 Å². The van der Waals surface area contributed by atoms with E-state index in [4.69, 9.17) is 9.31 Å². The Labute approximate surface area is 115 Å². The molecule has 0 spiro atoms. The summed E-state index contributed by atoms with van der Waals surface area (Å²) in [5.41, 5.74) is -0.833. The highest BCUT2D eigenvalue weighted by atomic mass is 32.2.